The number of rotatable bonds is 3. The molecule has 1 aliphatic rings. The molecule has 0 unspecified atom stereocenters. The molecule has 0 aromatic heterocycles. The van der Waals surface area contributed by atoms with Gasteiger partial charge in [0.15, 0.2) is 0 Å². The first kappa shape index (κ1) is 15.9. The third-order valence-electron chi connectivity index (χ3n) is 3.60. The molecule has 1 heterocycles. The van der Waals surface area contributed by atoms with E-state index < -0.39 is 0 Å². The van der Waals surface area contributed by atoms with Crippen molar-refractivity contribution in [3.8, 4) is 0 Å². The Balaban J connectivity index is 1.93. The van der Waals surface area contributed by atoms with Gasteiger partial charge in [-0.3, -0.25) is 4.79 Å². The summed E-state index contributed by atoms with van der Waals surface area (Å²) in [4.78, 5) is 14.3. The van der Waals surface area contributed by atoms with Gasteiger partial charge in [0.2, 0.25) is 5.91 Å². The maximum Gasteiger partial charge on any atom is 0.224 e. The van der Waals surface area contributed by atoms with Gasteiger partial charge in [-0.05, 0) is 51.0 Å². The van der Waals surface area contributed by atoms with E-state index in [0.29, 0.717) is 33.1 Å². The molecule has 0 aliphatic carbocycles. The summed E-state index contributed by atoms with van der Waals surface area (Å²) in [6.07, 6.45) is 2.63. The maximum atomic E-state index is 12.1. The van der Waals surface area contributed by atoms with E-state index in [1.807, 2.05) is 0 Å². The molecule has 6 heteroatoms. The molecule has 1 N–H and O–H groups in total. The average Bonchev–Trinajstić information content (AvgIpc) is 2.39. The fourth-order valence-corrected chi connectivity index (χ4v) is 2.94. The van der Waals surface area contributed by atoms with Crippen LogP contribution in [0.5, 0.6) is 0 Å². The molecule has 1 saturated heterocycles. The highest BCUT2D eigenvalue weighted by Gasteiger charge is 2.20. The molecule has 1 fully saturated rings. The Morgan fingerprint density at radius 3 is 2.45 bits per heavy atom. The fraction of sp³-hybridized carbons (Fsp3) is 0.500. The number of likely N-dealkylation sites (tertiary alicyclic amines) is 1. The predicted octanol–water partition coefficient (Wildman–Crippen LogP) is 4.32. The number of carbonyl (C=O) groups excluding carboxylic acids is 1. The van der Waals surface area contributed by atoms with Gasteiger partial charge in [-0.1, -0.05) is 34.8 Å². The molecule has 0 radical (unpaired) electrons. The molecule has 0 atom stereocenters. The first-order valence-corrected chi connectivity index (χ1v) is 7.72. The molecule has 1 amide bonds. The van der Waals surface area contributed by atoms with Gasteiger partial charge in [0.1, 0.15) is 0 Å². The van der Waals surface area contributed by atoms with Crippen LogP contribution in [0.3, 0.4) is 0 Å². The van der Waals surface area contributed by atoms with E-state index in [-0.39, 0.29) is 5.91 Å². The van der Waals surface area contributed by atoms with Crippen molar-refractivity contribution in [2.24, 2.45) is 5.92 Å². The van der Waals surface area contributed by atoms with Crippen LogP contribution < -0.4 is 5.32 Å². The number of nitrogens with zero attached hydrogens (tertiary/aromatic N) is 1. The summed E-state index contributed by atoms with van der Waals surface area (Å²) in [7, 11) is 2.10. The third-order valence-corrected chi connectivity index (χ3v) is 4.63. The molecular weight excluding hydrogens is 319 g/mol. The van der Waals surface area contributed by atoms with Crippen LogP contribution in [0.4, 0.5) is 5.69 Å². The third kappa shape index (κ3) is 4.26. The number of amides is 1. The van der Waals surface area contributed by atoms with Crippen LogP contribution in [0.25, 0.3) is 0 Å². The van der Waals surface area contributed by atoms with Crippen LogP contribution in [0, 0.1) is 5.92 Å². The van der Waals surface area contributed by atoms with Crippen molar-refractivity contribution in [3.05, 3.63) is 27.2 Å². The number of piperidine rings is 1. The molecule has 1 aromatic rings. The Kier molecular flexibility index (Phi) is 5.56. The minimum Gasteiger partial charge on any atom is -0.325 e. The Morgan fingerprint density at radius 1 is 1.20 bits per heavy atom. The quantitative estimate of drug-likeness (QED) is 0.834. The van der Waals surface area contributed by atoms with Crippen LogP contribution in [0.15, 0.2) is 12.1 Å². The van der Waals surface area contributed by atoms with Gasteiger partial charge in [-0.25, -0.2) is 0 Å². The minimum atomic E-state index is -0.0279. The number of hydrogen-bond acceptors (Lipinski definition) is 2. The van der Waals surface area contributed by atoms with Crippen molar-refractivity contribution in [2.75, 3.05) is 25.5 Å². The van der Waals surface area contributed by atoms with Crippen LogP contribution in [-0.4, -0.2) is 30.9 Å². The van der Waals surface area contributed by atoms with Crippen LogP contribution >= 0.6 is 34.8 Å². The largest absolute Gasteiger partial charge is 0.325 e. The first-order valence-electron chi connectivity index (χ1n) is 6.58. The fourth-order valence-electron chi connectivity index (χ4n) is 2.35. The van der Waals surface area contributed by atoms with E-state index in [1.165, 1.54) is 6.07 Å². The first-order chi connectivity index (χ1) is 9.45. The van der Waals surface area contributed by atoms with E-state index in [1.54, 1.807) is 6.07 Å². The second kappa shape index (κ2) is 6.99. The molecule has 0 bridgehead atoms. The number of halogens is 3. The van der Waals surface area contributed by atoms with E-state index >= 15 is 0 Å². The van der Waals surface area contributed by atoms with Gasteiger partial charge < -0.3 is 10.2 Å². The van der Waals surface area contributed by atoms with Gasteiger partial charge in [0.25, 0.3) is 0 Å². The summed E-state index contributed by atoms with van der Waals surface area (Å²) in [6, 6.07) is 3.12. The Morgan fingerprint density at radius 2 is 1.80 bits per heavy atom. The zero-order chi connectivity index (χ0) is 14.7. The van der Waals surface area contributed by atoms with Gasteiger partial charge in [0, 0.05) is 6.42 Å². The highest BCUT2D eigenvalue weighted by Crippen LogP contribution is 2.32. The minimum absolute atomic E-state index is 0.0279. The van der Waals surface area contributed by atoms with Crippen molar-refractivity contribution in [2.45, 2.75) is 19.3 Å². The number of hydrogen-bond donors (Lipinski definition) is 1. The van der Waals surface area contributed by atoms with Crippen molar-refractivity contribution in [1.29, 1.82) is 0 Å². The zero-order valence-electron chi connectivity index (χ0n) is 11.3. The Bertz CT molecular complexity index is 499. The van der Waals surface area contributed by atoms with Gasteiger partial charge in [-0.15, -0.1) is 0 Å². The molecule has 1 aromatic carbocycles. The highest BCUT2D eigenvalue weighted by atomic mass is 35.5. The number of anilines is 1. The monoisotopic (exact) mass is 334 g/mol. The average molecular weight is 336 g/mol. The van der Waals surface area contributed by atoms with E-state index in [9.17, 15) is 4.79 Å². The Labute approximate surface area is 134 Å². The second-order valence-corrected chi connectivity index (χ2v) is 6.47. The van der Waals surface area contributed by atoms with E-state index in [0.717, 1.165) is 25.9 Å². The van der Waals surface area contributed by atoms with Gasteiger partial charge in [-0.2, -0.15) is 0 Å². The lowest BCUT2D eigenvalue weighted by Crippen LogP contribution is -2.31. The van der Waals surface area contributed by atoms with E-state index in [2.05, 4.69) is 17.3 Å². The molecule has 0 saturated carbocycles. The van der Waals surface area contributed by atoms with Crippen molar-refractivity contribution in [1.82, 2.24) is 4.90 Å². The van der Waals surface area contributed by atoms with Crippen LogP contribution in [0.1, 0.15) is 19.3 Å². The molecule has 1 aliphatic heterocycles. The lowest BCUT2D eigenvalue weighted by atomic mass is 9.93. The second-order valence-electron chi connectivity index (χ2n) is 5.25. The SMILES string of the molecule is CN1CCC(CC(=O)Nc2cc(Cl)c(Cl)cc2Cl)CC1. The van der Waals surface area contributed by atoms with Crippen LogP contribution in [-0.2, 0) is 4.79 Å². The van der Waals surface area contributed by atoms with Crippen molar-refractivity contribution < 1.29 is 4.79 Å². The normalized spacial score (nSPS) is 17.2. The highest BCUT2D eigenvalue weighted by molar-refractivity contribution is 6.44. The number of benzene rings is 1. The molecular formula is C14H17Cl3N2O. The summed E-state index contributed by atoms with van der Waals surface area (Å²) in [5.41, 5.74) is 0.513. The maximum absolute atomic E-state index is 12.1. The predicted molar refractivity (Wildman–Crippen MR) is 84.9 cm³/mol. The standard InChI is InChI=1S/C14H17Cl3N2O/c1-19-4-2-9(3-5-19)6-14(20)18-13-8-11(16)10(15)7-12(13)17/h7-9H,2-6H2,1H3,(H,18,20). The summed E-state index contributed by atoms with van der Waals surface area (Å²) in [5, 5.41) is 3.97. The molecule has 20 heavy (non-hydrogen) atoms. The lowest BCUT2D eigenvalue weighted by Gasteiger charge is -2.28. The molecule has 2 rings (SSSR count). The van der Waals surface area contributed by atoms with Crippen molar-refractivity contribution in [3.63, 3.8) is 0 Å². The van der Waals surface area contributed by atoms with Crippen LogP contribution in [0.2, 0.25) is 15.1 Å². The molecule has 3 nitrogen and oxygen atoms in total. The summed E-state index contributed by atoms with van der Waals surface area (Å²) in [5.74, 6) is 0.410. The summed E-state index contributed by atoms with van der Waals surface area (Å²) < 4.78 is 0. The summed E-state index contributed by atoms with van der Waals surface area (Å²) >= 11 is 17.8. The topological polar surface area (TPSA) is 32.3 Å². The smallest absolute Gasteiger partial charge is 0.224 e. The van der Waals surface area contributed by atoms with E-state index in [4.69, 9.17) is 34.8 Å². The molecule has 0 spiro atoms. The number of carbonyl (C=O) groups is 1. The number of nitrogens with one attached hydrogen (secondary N) is 1. The van der Waals surface area contributed by atoms with Gasteiger partial charge in [0.05, 0.1) is 20.8 Å². The molecule has 110 valence electrons. The van der Waals surface area contributed by atoms with Gasteiger partial charge >= 0.3 is 0 Å². The van der Waals surface area contributed by atoms with Crippen molar-refractivity contribution >= 4 is 46.4 Å². The Hall–Kier alpha value is -0.480. The summed E-state index contributed by atoms with van der Waals surface area (Å²) in [6.45, 7) is 2.09. The lowest BCUT2D eigenvalue weighted by molar-refractivity contribution is -0.117. The zero-order valence-corrected chi connectivity index (χ0v) is 13.5.